The summed E-state index contributed by atoms with van der Waals surface area (Å²) in [6.45, 7) is 7.09. The van der Waals surface area contributed by atoms with Gasteiger partial charge in [0.1, 0.15) is 5.75 Å². The highest BCUT2D eigenvalue weighted by atomic mass is 16.5. The molecular formula is C14H18N2O2. The number of carbonyl (C=O) groups excluding carboxylic acids is 1. The van der Waals surface area contributed by atoms with Gasteiger partial charge in [-0.15, -0.1) is 0 Å². The van der Waals surface area contributed by atoms with E-state index in [2.05, 4.69) is 11.4 Å². The Morgan fingerprint density at radius 3 is 2.94 bits per heavy atom. The van der Waals surface area contributed by atoms with Crippen LogP contribution >= 0.6 is 0 Å². The van der Waals surface area contributed by atoms with Crippen LogP contribution in [-0.2, 0) is 10.2 Å². The molecule has 0 aromatic heterocycles. The van der Waals surface area contributed by atoms with Crippen LogP contribution in [0.1, 0.15) is 36.5 Å². The molecule has 1 aromatic rings. The van der Waals surface area contributed by atoms with Gasteiger partial charge in [-0.2, -0.15) is 0 Å². The number of ether oxygens (including phenoxy) is 1. The summed E-state index contributed by atoms with van der Waals surface area (Å²) in [5.41, 5.74) is 9.40. The van der Waals surface area contributed by atoms with E-state index in [1.165, 1.54) is 0 Å². The normalized spacial score (nSPS) is 23.3. The van der Waals surface area contributed by atoms with Gasteiger partial charge in [0.2, 0.25) is 5.91 Å². The van der Waals surface area contributed by atoms with Gasteiger partial charge in [-0.1, -0.05) is 0 Å². The van der Waals surface area contributed by atoms with Gasteiger partial charge in [0.15, 0.2) is 0 Å². The second-order valence-corrected chi connectivity index (χ2v) is 5.68. The molecule has 2 heterocycles. The smallest absolute Gasteiger partial charge is 0.234 e. The lowest BCUT2D eigenvalue weighted by molar-refractivity contribution is -0.119. The fourth-order valence-electron chi connectivity index (χ4n) is 2.89. The molecule has 4 nitrogen and oxygen atoms in total. The number of hydrogen-bond acceptors (Lipinski definition) is 3. The van der Waals surface area contributed by atoms with Crippen molar-refractivity contribution in [2.45, 2.75) is 32.1 Å². The molecule has 3 N–H and O–H groups in total. The van der Waals surface area contributed by atoms with Crippen LogP contribution in [0, 0.1) is 6.92 Å². The zero-order chi connectivity index (χ0) is 13.1. The number of aryl methyl sites for hydroxylation is 1. The Bertz CT molecular complexity index is 549. The van der Waals surface area contributed by atoms with E-state index in [4.69, 9.17) is 10.5 Å². The number of anilines is 1. The molecule has 0 spiro atoms. The van der Waals surface area contributed by atoms with Crippen molar-refractivity contribution in [3.8, 4) is 5.75 Å². The van der Waals surface area contributed by atoms with Crippen LogP contribution in [0.2, 0.25) is 0 Å². The average Bonchev–Trinajstić information content (AvgIpc) is 2.80. The summed E-state index contributed by atoms with van der Waals surface area (Å²) in [4.78, 5) is 12.1. The fraction of sp³-hybridized carbons (Fsp3) is 0.500. The van der Waals surface area contributed by atoms with Crippen molar-refractivity contribution in [1.29, 1.82) is 0 Å². The van der Waals surface area contributed by atoms with Crippen molar-refractivity contribution in [2.75, 3.05) is 18.5 Å². The second kappa shape index (κ2) is 3.48. The van der Waals surface area contributed by atoms with Crippen LogP contribution in [-0.4, -0.2) is 19.1 Å². The van der Waals surface area contributed by atoms with Crippen molar-refractivity contribution in [1.82, 2.24) is 0 Å². The molecule has 96 valence electrons. The molecule has 0 saturated carbocycles. The Kier molecular flexibility index (Phi) is 2.23. The lowest BCUT2D eigenvalue weighted by Crippen LogP contribution is -2.27. The third-order valence-corrected chi connectivity index (χ3v) is 4.09. The number of amides is 1. The predicted molar refractivity (Wildman–Crippen MR) is 70.1 cm³/mol. The van der Waals surface area contributed by atoms with Gasteiger partial charge in [-0.25, -0.2) is 0 Å². The minimum Gasteiger partial charge on any atom is -0.492 e. The van der Waals surface area contributed by atoms with Crippen molar-refractivity contribution >= 4 is 11.6 Å². The van der Waals surface area contributed by atoms with Crippen LogP contribution in [0.25, 0.3) is 0 Å². The number of benzene rings is 1. The number of carbonyl (C=O) groups is 1. The first kappa shape index (κ1) is 11.5. The van der Waals surface area contributed by atoms with E-state index in [9.17, 15) is 4.79 Å². The fourth-order valence-corrected chi connectivity index (χ4v) is 2.89. The van der Waals surface area contributed by atoms with Gasteiger partial charge in [-0.3, -0.25) is 4.79 Å². The molecular weight excluding hydrogens is 228 g/mol. The third kappa shape index (κ3) is 1.27. The van der Waals surface area contributed by atoms with Crippen molar-refractivity contribution in [3.05, 3.63) is 22.8 Å². The lowest BCUT2D eigenvalue weighted by Gasteiger charge is -2.18. The maximum absolute atomic E-state index is 12.1. The molecule has 18 heavy (non-hydrogen) atoms. The molecule has 0 radical (unpaired) electrons. The molecule has 2 aliphatic heterocycles. The van der Waals surface area contributed by atoms with Crippen LogP contribution in [0.3, 0.4) is 0 Å². The van der Waals surface area contributed by atoms with Crippen LogP contribution in [0.5, 0.6) is 5.75 Å². The molecule has 2 aliphatic rings. The number of fused-ring (bicyclic) bond motifs is 3. The van der Waals surface area contributed by atoms with Crippen LogP contribution < -0.4 is 15.8 Å². The zero-order valence-corrected chi connectivity index (χ0v) is 11.0. The molecule has 0 aliphatic carbocycles. The summed E-state index contributed by atoms with van der Waals surface area (Å²) < 4.78 is 5.81. The molecule has 1 atom stereocenters. The number of nitrogens with one attached hydrogen (secondary N) is 1. The van der Waals surface area contributed by atoms with E-state index >= 15 is 0 Å². The lowest BCUT2D eigenvalue weighted by atomic mass is 9.82. The van der Waals surface area contributed by atoms with Gasteiger partial charge in [-0.05, 0) is 32.4 Å². The standard InChI is InChI=1S/C14H18N2O2/c1-7-4-9-8(5-15)6-18-12(9)10-11(7)16-13(17)14(10,2)3/h4,8H,5-6,15H2,1-3H3,(H,16,17). The van der Waals surface area contributed by atoms with E-state index in [0.717, 1.165) is 28.1 Å². The highest BCUT2D eigenvalue weighted by Gasteiger charge is 2.44. The van der Waals surface area contributed by atoms with Gasteiger partial charge >= 0.3 is 0 Å². The number of nitrogens with two attached hydrogens (primary N) is 1. The molecule has 1 aromatic carbocycles. The largest absolute Gasteiger partial charge is 0.492 e. The van der Waals surface area contributed by atoms with Crippen molar-refractivity contribution < 1.29 is 9.53 Å². The van der Waals surface area contributed by atoms with E-state index in [1.807, 2.05) is 20.8 Å². The Morgan fingerprint density at radius 1 is 1.56 bits per heavy atom. The summed E-state index contributed by atoms with van der Waals surface area (Å²) in [6, 6.07) is 2.10. The summed E-state index contributed by atoms with van der Waals surface area (Å²) in [7, 11) is 0. The summed E-state index contributed by atoms with van der Waals surface area (Å²) in [6.07, 6.45) is 0. The van der Waals surface area contributed by atoms with E-state index in [0.29, 0.717) is 13.2 Å². The summed E-state index contributed by atoms with van der Waals surface area (Å²) in [5.74, 6) is 1.15. The van der Waals surface area contributed by atoms with Gasteiger partial charge in [0.25, 0.3) is 0 Å². The minimum absolute atomic E-state index is 0.0359. The summed E-state index contributed by atoms with van der Waals surface area (Å²) in [5, 5.41) is 2.97. The Balaban J connectivity index is 2.28. The maximum atomic E-state index is 12.1. The van der Waals surface area contributed by atoms with E-state index in [-0.39, 0.29) is 11.8 Å². The molecule has 0 saturated heterocycles. The number of rotatable bonds is 1. The molecule has 1 unspecified atom stereocenters. The maximum Gasteiger partial charge on any atom is 0.234 e. The first-order chi connectivity index (χ1) is 8.46. The second-order valence-electron chi connectivity index (χ2n) is 5.68. The Labute approximate surface area is 107 Å². The highest BCUT2D eigenvalue weighted by Crippen LogP contribution is 2.50. The molecule has 0 fully saturated rings. The first-order valence-corrected chi connectivity index (χ1v) is 6.29. The van der Waals surface area contributed by atoms with Gasteiger partial charge in [0.05, 0.1) is 17.7 Å². The van der Waals surface area contributed by atoms with Crippen molar-refractivity contribution in [2.24, 2.45) is 5.73 Å². The Hall–Kier alpha value is -1.55. The minimum atomic E-state index is -0.533. The van der Waals surface area contributed by atoms with Crippen molar-refractivity contribution in [3.63, 3.8) is 0 Å². The predicted octanol–water partition coefficient (Wildman–Crippen LogP) is 1.66. The topological polar surface area (TPSA) is 64.3 Å². The van der Waals surface area contributed by atoms with Gasteiger partial charge < -0.3 is 15.8 Å². The molecule has 3 rings (SSSR count). The zero-order valence-electron chi connectivity index (χ0n) is 11.0. The molecule has 1 amide bonds. The summed E-state index contributed by atoms with van der Waals surface area (Å²) >= 11 is 0. The van der Waals surface area contributed by atoms with Gasteiger partial charge in [0, 0.05) is 23.6 Å². The quantitative estimate of drug-likeness (QED) is 0.792. The first-order valence-electron chi connectivity index (χ1n) is 6.29. The third-order valence-electron chi connectivity index (χ3n) is 4.09. The monoisotopic (exact) mass is 246 g/mol. The molecule has 4 heteroatoms. The van der Waals surface area contributed by atoms with E-state index < -0.39 is 5.41 Å². The SMILES string of the molecule is Cc1cc2c(c3c1NC(=O)C3(C)C)OCC2CN. The van der Waals surface area contributed by atoms with E-state index in [1.54, 1.807) is 0 Å². The number of hydrogen-bond donors (Lipinski definition) is 2. The average molecular weight is 246 g/mol. The van der Waals surface area contributed by atoms with Crippen LogP contribution in [0.15, 0.2) is 6.07 Å². The Morgan fingerprint density at radius 2 is 2.28 bits per heavy atom. The molecule has 0 bridgehead atoms. The highest BCUT2D eigenvalue weighted by molar-refractivity contribution is 6.07. The van der Waals surface area contributed by atoms with Crippen LogP contribution in [0.4, 0.5) is 5.69 Å².